The third-order valence-corrected chi connectivity index (χ3v) is 4.36. The fourth-order valence-corrected chi connectivity index (χ4v) is 3.01. The number of carbonyl (C=O) groups excluding carboxylic acids is 1. The molecule has 2 heterocycles. The number of nitrogens with zero attached hydrogens (tertiary/aromatic N) is 2. The monoisotopic (exact) mass is 364 g/mol. The molecule has 25 heavy (non-hydrogen) atoms. The van der Waals surface area contributed by atoms with Crippen LogP contribution >= 0.6 is 11.3 Å². The van der Waals surface area contributed by atoms with E-state index in [4.69, 9.17) is 15.1 Å². The molecule has 0 saturated carbocycles. The van der Waals surface area contributed by atoms with Crippen molar-refractivity contribution in [3.05, 3.63) is 28.3 Å². The van der Waals surface area contributed by atoms with Crippen molar-refractivity contribution < 1.29 is 29.1 Å². The molecule has 1 aliphatic heterocycles. The minimum absolute atomic E-state index is 0.0185. The summed E-state index contributed by atoms with van der Waals surface area (Å²) < 4.78 is 10.4. The molecule has 5 N–H and O–H groups in total. The highest BCUT2D eigenvalue weighted by atomic mass is 32.1. The summed E-state index contributed by atoms with van der Waals surface area (Å²) in [6, 6.07) is 3.11. The lowest BCUT2D eigenvalue weighted by atomic mass is 9.72. The van der Waals surface area contributed by atoms with Crippen molar-refractivity contribution in [3.63, 3.8) is 0 Å². The SMILES string of the molecule is COc1ccc2c(c1C(=O)O)OB(O)[C@@H](NC(=O)c1nnc(N)s1)C2. The summed E-state index contributed by atoms with van der Waals surface area (Å²) in [5.74, 6) is -2.46. The maximum Gasteiger partial charge on any atom is 0.547 e. The average Bonchev–Trinajstić information content (AvgIpc) is 3.01. The molecular formula is C13H13BN4O6S. The van der Waals surface area contributed by atoms with Crippen LogP contribution < -0.4 is 20.4 Å². The first kappa shape index (κ1) is 17.0. The van der Waals surface area contributed by atoms with Gasteiger partial charge in [0.1, 0.15) is 17.1 Å². The van der Waals surface area contributed by atoms with E-state index >= 15 is 0 Å². The number of benzene rings is 1. The zero-order valence-corrected chi connectivity index (χ0v) is 13.7. The van der Waals surface area contributed by atoms with E-state index in [0.29, 0.717) is 5.56 Å². The predicted molar refractivity (Wildman–Crippen MR) is 87.8 cm³/mol. The number of nitrogens with two attached hydrogens (primary N) is 1. The lowest BCUT2D eigenvalue weighted by Crippen LogP contribution is -2.53. The first-order valence-electron chi connectivity index (χ1n) is 7.08. The van der Waals surface area contributed by atoms with Gasteiger partial charge >= 0.3 is 13.1 Å². The minimum atomic E-state index is -1.44. The molecule has 0 spiro atoms. The Bertz CT molecular complexity index is 844. The highest BCUT2D eigenvalue weighted by Gasteiger charge is 2.39. The highest BCUT2D eigenvalue weighted by Crippen LogP contribution is 2.36. The standard InChI is InChI=1S/C13H13BN4O6S/c1-23-6-3-2-5-4-7(14(22)24-9(5)8(6)12(20)21)16-10(19)11-17-18-13(15)25-11/h2-3,7,22H,4H2,1H3,(H2,15,18)(H,16,19)(H,20,21)/t7-/m0/s1. The van der Waals surface area contributed by atoms with E-state index in [0.717, 1.165) is 11.3 Å². The Kier molecular flexibility index (Phi) is 4.46. The zero-order chi connectivity index (χ0) is 18.1. The number of hydrogen-bond donors (Lipinski definition) is 4. The summed E-state index contributed by atoms with van der Waals surface area (Å²) in [7, 11) is -0.101. The molecule has 1 amide bonds. The van der Waals surface area contributed by atoms with E-state index in [-0.39, 0.29) is 33.6 Å². The first-order chi connectivity index (χ1) is 11.9. The van der Waals surface area contributed by atoms with Gasteiger partial charge in [0.05, 0.1) is 13.1 Å². The van der Waals surface area contributed by atoms with Crippen molar-refractivity contribution in [2.75, 3.05) is 12.8 Å². The van der Waals surface area contributed by atoms with E-state index in [9.17, 15) is 19.7 Å². The molecule has 3 rings (SSSR count). The Morgan fingerprint density at radius 3 is 2.84 bits per heavy atom. The number of carbonyl (C=O) groups is 2. The molecule has 1 atom stereocenters. The summed E-state index contributed by atoms with van der Waals surface area (Å²) in [6.07, 6.45) is 0.167. The van der Waals surface area contributed by atoms with Crippen LogP contribution in [0.3, 0.4) is 0 Å². The normalized spacial score (nSPS) is 15.9. The molecule has 0 bridgehead atoms. The van der Waals surface area contributed by atoms with Gasteiger partial charge in [-0.05, 0) is 18.1 Å². The van der Waals surface area contributed by atoms with Crippen LogP contribution in [0, 0.1) is 0 Å². The second-order valence-corrected chi connectivity index (χ2v) is 6.18. The third-order valence-electron chi connectivity index (χ3n) is 3.61. The zero-order valence-electron chi connectivity index (χ0n) is 12.9. The molecule has 1 aliphatic rings. The van der Waals surface area contributed by atoms with E-state index in [1.54, 1.807) is 6.07 Å². The van der Waals surface area contributed by atoms with Gasteiger partial charge in [0.15, 0.2) is 0 Å². The average molecular weight is 364 g/mol. The van der Waals surface area contributed by atoms with Crippen LogP contribution in [0.25, 0.3) is 0 Å². The Balaban J connectivity index is 1.85. The van der Waals surface area contributed by atoms with Crippen molar-refractivity contribution in [3.8, 4) is 11.5 Å². The number of rotatable bonds is 4. The quantitative estimate of drug-likeness (QED) is 0.529. The minimum Gasteiger partial charge on any atom is -0.534 e. The van der Waals surface area contributed by atoms with Crippen LogP contribution in [0.1, 0.15) is 25.7 Å². The topological polar surface area (TPSA) is 157 Å². The van der Waals surface area contributed by atoms with Gasteiger partial charge in [-0.1, -0.05) is 17.4 Å². The van der Waals surface area contributed by atoms with Gasteiger partial charge in [-0.25, -0.2) is 4.79 Å². The van der Waals surface area contributed by atoms with Gasteiger partial charge in [-0.3, -0.25) is 4.79 Å². The number of amides is 1. The van der Waals surface area contributed by atoms with Crippen molar-refractivity contribution in [1.82, 2.24) is 15.5 Å². The number of fused-ring (bicyclic) bond motifs is 1. The fraction of sp³-hybridized carbons (Fsp3) is 0.231. The first-order valence-corrected chi connectivity index (χ1v) is 7.90. The lowest BCUT2D eigenvalue weighted by Gasteiger charge is -2.29. The largest absolute Gasteiger partial charge is 0.547 e. The van der Waals surface area contributed by atoms with Crippen LogP contribution in [-0.4, -0.2) is 52.4 Å². The molecule has 0 saturated heterocycles. The molecule has 12 heteroatoms. The van der Waals surface area contributed by atoms with Crippen LogP contribution in [-0.2, 0) is 6.42 Å². The number of aromatic nitrogens is 2. The smallest absolute Gasteiger partial charge is 0.534 e. The molecule has 130 valence electrons. The maximum atomic E-state index is 12.1. The van der Waals surface area contributed by atoms with Crippen molar-refractivity contribution in [2.24, 2.45) is 0 Å². The van der Waals surface area contributed by atoms with E-state index < -0.39 is 24.9 Å². The lowest BCUT2D eigenvalue weighted by molar-refractivity contribution is 0.0689. The van der Waals surface area contributed by atoms with E-state index in [2.05, 4.69) is 15.5 Å². The Labute approximate surface area is 145 Å². The summed E-state index contributed by atoms with van der Waals surface area (Å²) in [5, 5.41) is 29.5. The van der Waals surface area contributed by atoms with Crippen LogP contribution in [0.5, 0.6) is 11.5 Å². The number of carboxylic acids is 1. The summed E-state index contributed by atoms with van der Waals surface area (Å²) >= 11 is 0.909. The number of ether oxygens (including phenoxy) is 1. The highest BCUT2D eigenvalue weighted by molar-refractivity contribution is 7.16. The van der Waals surface area contributed by atoms with E-state index in [1.807, 2.05) is 0 Å². The molecular weight excluding hydrogens is 351 g/mol. The van der Waals surface area contributed by atoms with Gasteiger partial charge < -0.3 is 30.6 Å². The Hall–Kier alpha value is -2.86. The second kappa shape index (κ2) is 6.57. The molecule has 0 fully saturated rings. The van der Waals surface area contributed by atoms with Crippen LogP contribution in [0.15, 0.2) is 12.1 Å². The molecule has 1 aromatic heterocycles. The number of hydrogen-bond acceptors (Lipinski definition) is 9. The molecule has 0 radical (unpaired) electrons. The Morgan fingerprint density at radius 2 is 2.24 bits per heavy atom. The van der Waals surface area contributed by atoms with Gasteiger partial charge in [0, 0.05) is 0 Å². The van der Waals surface area contributed by atoms with Gasteiger partial charge in [0.2, 0.25) is 10.1 Å². The van der Waals surface area contributed by atoms with Gasteiger partial charge in [-0.15, -0.1) is 10.2 Å². The summed E-state index contributed by atoms with van der Waals surface area (Å²) in [4.78, 5) is 23.6. The molecule has 10 nitrogen and oxygen atoms in total. The van der Waals surface area contributed by atoms with Crippen molar-refractivity contribution >= 4 is 35.5 Å². The van der Waals surface area contributed by atoms with Crippen LogP contribution in [0.2, 0.25) is 0 Å². The molecule has 2 aromatic rings. The molecule has 0 unspecified atom stereocenters. The number of aromatic carboxylic acids is 1. The summed E-state index contributed by atoms with van der Waals surface area (Å²) in [6.45, 7) is 0. The number of anilines is 1. The summed E-state index contributed by atoms with van der Waals surface area (Å²) in [5.41, 5.74) is 5.77. The number of carboxylic acid groups (broad SMARTS) is 1. The van der Waals surface area contributed by atoms with E-state index in [1.165, 1.54) is 13.2 Å². The third kappa shape index (κ3) is 3.21. The van der Waals surface area contributed by atoms with Crippen LogP contribution in [0.4, 0.5) is 5.13 Å². The fourth-order valence-electron chi connectivity index (χ4n) is 2.50. The Morgan fingerprint density at radius 1 is 1.48 bits per heavy atom. The van der Waals surface area contributed by atoms with Crippen molar-refractivity contribution in [1.29, 1.82) is 0 Å². The number of nitrogens with one attached hydrogen (secondary N) is 1. The number of methoxy groups -OCH3 is 1. The molecule has 0 aliphatic carbocycles. The van der Waals surface area contributed by atoms with Gasteiger partial charge in [0.25, 0.3) is 5.91 Å². The second-order valence-electron chi connectivity index (χ2n) is 5.17. The van der Waals surface area contributed by atoms with Crippen molar-refractivity contribution in [2.45, 2.75) is 12.4 Å². The predicted octanol–water partition coefficient (Wildman–Crippen LogP) is -0.420. The van der Waals surface area contributed by atoms with Gasteiger partial charge in [-0.2, -0.15) is 0 Å². The maximum absolute atomic E-state index is 12.1. The molecule has 1 aromatic carbocycles. The number of nitrogen functional groups attached to an aromatic ring is 1.